The summed E-state index contributed by atoms with van der Waals surface area (Å²) in [5, 5.41) is 9.21. The number of hydrogen-bond acceptors (Lipinski definition) is 4. The van der Waals surface area contributed by atoms with Gasteiger partial charge in [0.2, 0.25) is 0 Å². The highest BCUT2D eigenvalue weighted by molar-refractivity contribution is 5.81. The van der Waals surface area contributed by atoms with E-state index in [0.29, 0.717) is 25.3 Å². The topological polar surface area (TPSA) is 59.0 Å². The molecule has 116 valence electrons. The van der Waals surface area contributed by atoms with E-state index >= 15 is 0 Å². The van der Waals surface area contributed by atoms with Crippen LogP contribution in [-0.2, 0) is 9.53 Å². The lowest BCUT2D eigenvalue weighted by Crippen LogP contribution is -2.55. The van der Waals surface area contributed by atoms with Crippen molar-refractivity contribution in [2.75, 3.05) is 19.8 Å². The summed E-state index contributed by atoms with van der Waals surface area (Å²) in [5.74, 6) is 0.646. The van der Waals surface area contributed by atoms with Gasteiger partial charge in [0, 0.05) is 6.54 Å². The van der Waals surface area contributed by atoms with E-state index in [9.17, 15) is 9.90 Å². The number of ether oxygens (including phenoxy) is 2. The maximum Gasteiger partial charge on any atom is 0.264 e. The molecule has 0 radical (unpaired) electrons. The second-order valence-corrected chi connectivity index (χ2v) is 5.31. The fourth-order valence-electron chi connectivity index (χ4n) is 2.39. The monoisotopic (exact) mass is 293 g/mol. The number of para-hydroxylation sites is 1. The Morgan fingerprint density at radius 2 is 2.19 bits per heavy atom. The fourth-order valence-corrected chi connectivity index (χ4v) is 2.39. The molecular formula is C16H23NO4. The van der Waals surface area contributed by atoms with Crippen molar-refractivity contribution in [3.8, 4) is 5.75 Å². The van der Waals surface area contributed by atoms with Crippen LogP contribution in [0.2, 0.25) is 0 Å². The third-order valence-electron chi connectivity index (χ3n) is 3.66. The molecule has 1 amide bonds. The summed E-state index contributed by atoms with van der Waals surface area (Å²) in [6.07, 6.45) is -0.214. The van der Waals surface area contributed by atoms with Gasteiger partial charge < -0.3 is 19.5 Å². The summed E-state index contributed by atoms with van der Waals surface area (Å²) >= 11 is 0. The number of nitrogens with zero attached hydrogens (tertiary/aromatic N) is 1. The number of carbonyl (C=O) groups excluding carboxylic acids is 1. The van der Waals surface area contributed by atoms with Gasteiger partial charge in [-0.05, 0) is 25.5 Å². The zero-order chi connectivity index (χ0) is 15.2. The van der Waals surface area contributed by atoms with Crippen LogP contribution in [0.4, 0.5) is 0 Å². The Morgan fingerprint density at radius 3 is 2.81 bits per heavy atom. The smallest absolute Gasteiger partial charge is 0.264 e. The van der Waals surface area contributed by atoms with Crippen molar-refractivity contribution in [2.45, 2.75) is 38.5 Å². The highest BCUT2D eigenvalue weighted by Gasteiger charge is 2.33. The minimum Gasteiger partial charge on any atom is -0.481 e. The largest absolute Gasteiger partial charge is 0.481 e. The molecule has 1 heterocycles. The van der Waals surface area contributed by atoms with E-state index in [1.807, 2.05) is 44.2 Å². The van der Waals surface area contributed by atoms with Crippen LogP contribution in [-0.4, -0.2) is 53.9 Å². The predicted molar refractivity (Wildman–Crippen MR) is 79.1 cm³/mol. The van der Waals surface area contributed by atoms with Gasteiger partial charge in [0.15, 0.2) is 6.10 Å². The van der Waals surface area contributed by atoms with Gasteiger partial charge in [0.05, 0.1) is 25.4 Å². The SMILES string of the molecule is CCC(Oc1ccccc1)C(=O)N1CC(CO)OCC1C. The Balaban J connectivity index is 2.04. The molecule has 0 aromatic heterocycles. The van der Waals surface area contributed by atoms with Crippen LogP contribution in [0.3, 0.4) is 0 Å². The standard InChI is InChI=1S/C16H23NO4/c1-3-15(21-13-7-5-4-6-8-13)16(19)17-9-14(10-18)20-11-12(17)2/h4-8,12,14-15,18H,3,9-11H2,1-2H3. The molecule has 0 saturated carbocycles. The molecule has 5 heteroatoms. The maximum absolute atomic E-state index is 12.7. The second-order valence-electron chi connectivity index (χ2n) is 5.31. The van der Waals surface area contributed by atoms with Crippen molar-refractivity contribution >= 4 is 5.91 Å². The Labute approximate surface area is 125 Å². The summed E-state index contributed by atoms with van der Waals surface area (Å²) in [4.78, 5) is 14.4. The van der Waals surface area contributed by atoms with E-state index in [2.05, 4.69) is 0 Å². The Bertz CT molecular complexity index is 451. The third-order valence-corrected chi connectivity index (χ3v) is 3.66. The van der Waals surface area contributed by atoms with Crippen molar-refractivity contribution in [3.05, 3.63) is 30.3 Å². The average molecular weight is 293 g/mol. The molecule has 3 unspecified atom stereocenters. The molecule has 2 rings (SSSR count). The van der Waals surface area contributed by atoms with Crippen molar-refractivity contribution in [1.82, 2.24) is 4.90 Å². The first-order chi connectivity index (χ1) is 10.2. The van der Waals surface area contributed by atoms with E-state index in [4.69, 9.17) is 9.47 Å². The first-order valence-electron chi connectivity index (χ1n) is 7.40. The molecule has 21 heavy (non-hydrogen) atoms. The van der Waals surface area contributed by atoms with Gasteiger partial charge in [-0.3, -0.25) is 4.79 Å². The van der Waals surface area contributed by atoms with Crippen LogP contribution in [0.1, 0.15) is 20.3 Å². The van der Waals surface area contributed by atoms with Gasteiger partial charge in [0.25, 0.3) is 5.91 Å². The van der Waals surface area contributed by atoms with Crippen LogP contribution in [0, 0.1) is 0 Å². The molecule has 1 N–H and O–H groups in total. The first kappa shape index (κ1) is 15.8. The summed E-state index contributed by atoms with van der Waals surface area (Å²) in [5.41, 5.74) is 0. The van der Waals surface area contributed by atoms with Gasteiger partial charge in [-0.25, -0.2) is 0 Å². The number of hydrogen-bond donors (Lipinski definition) is 1. The molecule has 1 fully saturated rings. The van der Waals surface area contributed by atoms with Crippen LogP contribution < -0.4 is 4.74 Å². The normalized spacial score (nSPS) is 23.7. The first-order valence-corrected chi connectivity index (χ1v) is 7.40. The number of amides is 1. The minimum atomic E-state index is -0.507. The molecule has 1 aliphatic rings. The molecule has 3 atom stereocenters. The number of aliphatic hydroxyl groups is 1. The van der Waals surface area contributed by atoms with Gasteiger partial charge in [-0.2, -0.15) is 0 Å². The number of benzene rings is 1. The number of carbonyl (C=O) groups is 1. The van der Waals surface area contributed by atoms with Crippen LogP contribution in [0.15, 0.2) is 30.3 Å². The summed E-state index contributed by atoms with van der Waals surface area (Å²) < 4.78 is 11.3. The zero-order valence-corrected chi connectivity index (χ0v) is 12.6. The molecule has 0 aliphatic carbocycles. The highest BCUT2D eigenvalue weighted by atomic mass is 16.5. The van der Waals surface area contributed by atoms with Gasteiger partial charge >= 0.3 is 0 Å². The van der Waals surface area contributed by atoms with Gasteiger partial charge in [-0.1, -0.05) is 25.1 Å². The molecule has 1 aromatic rings. The number of aliphatic hydroxyl groups excluding tert-OH is 1. The quantitative estimate of drug-likeness (QED) is 0.893. The molecule has 0 bridgehead atoms. The lowest BCUT2D eigenvalue weighted by molar-refractivity contribution is -0.153. The lowest BCUT2D eigenvalue weighted by Gasteiger charge is -2.39. The molecular weight excluding hydrogens is 270 g/mol. The summed E-state index contributed by atoms with van der Waals surface area (Å²) in [6.45, 7) is 4.65. The van der Waals surface area contributed by atoms with Crippen LogP contribution in [0.5, 0.6) is 5.75 Å². The van der Waals surface area contributed by atoms with E-state index in [-0.39, 0.29) is 24.7 Å². The second kappa shape index (κ2) is 7.43. The van der Waals surface area contributed by atoms with Gasteiger partial charge in [0.1, 0.15) is 5.75 Å². The summed E-state index contributed by atoms with van der Waals surface area (Å²) in [7, 11) is 0. The molecule has 1 aromatic carbocycles. The van der Waals surface area contributed by atoms with Crippen molar-refractivity contribution in [1.29, 1.82) is 0 Å². The van der Waals surface area contributed by atoms with E-state index in [1.54, 1.807) is 4.90 Å². The van der Waals surface area contributed by atoms with Crippen molar-refractivity contribution in [3.63, 3.8) is 0 Å². The van der Waals surface area contributed by atoms with Crippen molar-refractivity contribution < 1.29 is 19.4 Å². The minimum absolute atomic E-state index is 0.00581. The Hall–Kier alpha value is -1.59. The van der Waals surface area contributed by atoms with Crippen molar-refractivity contribution in [2.24, 2.45) is 0 Å². The number of rotatable bonds is 5. The molecule has 0 spiro atoms. The maximum atomic E-state index is 12.7. The van der Waals surface area contributed by atoms with Crippen LogP contribution >= 0.6 is 0 Å². The number of morpholine rings is 1. The average Bonchev–Trinajstić information content (AvgIpc) is 2.53. The predicted octanol–water partition coefficient (Wildman–Crippen LogP) is 1.45. The lowest BCUT2D eigenvalue weighted by atomic mass is 10.1. The zero-order valence-electron chi connectivity index (χ0n) is 12.6. The van der Waals surface area contributed by atoms with E-state index in [1.165, 1.54) is 0 Å². The fraction of sp³-hybridized carbons (Fsp3) is 0.562. The Kier molecular flexibility index (Phi) is 5.59. The molecule has 1 saturated heterocycles. The Morgan fingerprint density at radius 1 is 1.48 bits per heavy atom. The van der Waals surface area contributed by atoms with E-state index in [0.717, 1.165) is 0 Å². The molecule has 5 nitrogen and oxygen atoms in total. The van der Waals surface area contributed by atoms with Crippen LogP contribution in [0.25, 0.3) is 0 Å². The highest BCUT2D eigenvalue weighted by Crippen LogP contribution is 2.18. The van der Waals surface area contributed by atoms with E-state index < -0.39 is 6.10 Å². The third kappa shape index (κ3) is 3.95. The summed E-state index contributed by atoms with van der Waals surface area (Å²) in [6, 6.07) is 9.35. The van der Waals surface area contributed by atoms with Gasteiger partial charge in [-0.15, -0.1) is 0 Å². The molecule has 1 aliphatic heterocycles.